The van der Waals surface area contributed by atoms with Crippen molar-refractivity contribution in [2.75, 3.05) is 5.32 Å². The van der Waals surface area contributed by atoms with Crippen LogP contribution in [0.1, 0.15) is 29.0 Å². The Labute approximate surface area is 161 Å². The van der Waals surface area contributed by atoms with E-state index in [-0.39, 0.29) is 29.8 Å². The van der Waals surface area contributed by atoms with Crippen LogP contribution in [0.4, 0.5) is 5.69 Å². The van der Waals surface area contributed by atoms with E-state index < -0.39 is 10.0 Å². The molecule has 2 aromatic heterocycles. The monoisotopic (exact) mass is 402 g/mol. The van der Waals surface area contributed by atoms with E-state index >= 15 is 0 Å². The molecule has 1 N–H and O–H groups in total. The van der Waals surface area contributed by atoms with Gasteiger partial charge >= 0.3 is 0 Å². The lowest BCUT2D eigenvalue weighted by atomic mass is 10.0. The molecule has 140 valence electrons. The van der Waals surface area contributed by atoms with Crippen molar-refractivity contribution >= 4 is 33.0 Å². The zero-order valence-electron chi connectivity index (χ0n) is 14.6. The minimum atomic E-state index is -3.77. The van der Waals surface area contributed by atoms with Crippen molar-refractivity contribution in [2.24, 2.45) is 0 Å². The molecule has 0 saturated heterocycles. The molecule has 8 heteroatoms. The summed E-state index contributed by atoms with van der Waals surface area (Å²) in [5.74, 6) is 0.0815. The molecule has 0 fully saturated rings. The van der Waals surface area contributed by atoms with Gasteiger partial charge in [-0.3, -0.25) is 4.79 Å². The third kappa shape index (κ3) is 3.43. The van der Waals surface area contributed by atoms with E-state index in [4.69, 9.17) is 4.42 Å². The number of carbonyl (C=O) groups is 1. The quantitative estimate of drug-likeness (QED) is 0.680. The van der Waals surface area contributed by atoms with Crippen LogP contribution in [0.5, 0.6) is 0 Å². The van der Waals surface area contributed by atoms with Crippen LogP contribution in [0.15, 0.2) is 63.4 Å². The van der Waals surface area contributed by atoms with Gasteiger partial charge in [0.15, 0.2) is 0 Å². The van der Waals surface area contributed by atoms with Gasteiger partial charge < -0.3 is 9.73 Å². The molecule has 4 rings (SSSR count). The molecule has 0 spiro atoms. The van der Waals surface area contributed by atoms with Crippen LogP contribution in [0, 0.1) is 0 Å². The summed E-state index contributed by atoms with van der Waals surface area (Å²) in [5, 5.41) is 4.69. The Morgan fingerprint density at radius 1 is 1.19 bits per heavy atom. The molecule has 0 saturated carbocycles. The lowest BCUT2D eigenvalue weighted by molar-refractivity contribution is -0.116. The first kappa shape index (κ1) is 18.0. The summed E-state index contributed by atoms with van der Waals surface area (Å²) in [7, 11) is -3.77. The van der Waals surface area contributed by atoms with Gasteiger partial charge in [0.1, 0.15) is 5.76 Å². The SMILES string of the molecule is C[C@@H]1C(=O)Nc2ccc(S(=O)(=O)N(Cc3ccco3)Cc3cccs3)cc21. The van der Waals surface area contributed by atoms with E-state index in [0.717, 1.165) is 4.88 Å². The summed E-state index contributed by atoms with van der Waals surface area (Å²) in [6.45, 7) is 2.16. The summed E-state index contributed by atoms with van der Waals surface area (Å²) in [6.07, 6.45) is 1.53. The first-order valence-electron chi connectivity index (χ1n) is 8.45. The van der Waals surface area contributed by atoms with Crippen LogP contribution in [0.25, 0.3) is 0 Å². The molecule has 1 atom stereocenters. The van der Waals surface area contributed by atoms with E-state index in [1.807, 2.05) is 17.5 Å². The van der Waals surface area contributed by atoms with Crippen LogP contribution in [0.2, 0.25) is 0 Å². The number of nitrogens with zero attached hydrogens (tertiary/aromatic N) is 1. The maximum atomic E-state index is 13.4. The third-order valence-electron chi connectivity index (χ3n) is 4.60. The third-order valence-corrected chi connectivity index (χ3v) is 7.25. The van der Waals surface area contributed by atoms with Gasteiger partial charge in [0.25, 0.3) is 0 Å². The lowest BCUT2D eigenvalue weighted by Crippen LogP contribution is -2.30. The van der Waals surface area contributed by atoms with Gasteiger partial charge in [-0.25, -0.2) is 8.42 Å². The molecule has 0 unspecified atom stereocenters. The second-order valence-corrected chi connectivity index (χ2v) is 9.36. The Kier molecular flexibility index (Phi) is 4.63. The van der Waals surface area contributed by atoms with Crippen LogP contribution in [-0.2, 0) is 27.9 Å². The number of hydrogen-bond donors (Lipinski definition) is 1. The highest BCUT2D eigenvalue weighted by Gasteiger charge is 2.31. The molecule has 3 aromatic rings. The normalized spacial score (nSPS) is 16.5. The van der Waals surface area contributed by atoms with Gasteiger partial charge in [-0.1, -0.05) is 6.07 Å². The van der Waals surface area contributed by atoms with Crippen molar-refractivity contribution in [3.63, 3.8) is 0 Å². The van der Waals surface area contributed by atoms with Crippen molar-refractivity contribution < 1.29 is 17.6 Å². The molecule has 1 amide bonds. The van der Waals surface area contributed by atoms with Gasteiger partial charge in [-0.2, -0.15) is 4.31 Å². The van der Waals surface area contributed by atoms with Crippen LogP contribution < -0.4 is 5.32 Å². The van der Waals surface area contributed by atoms with E-state index in [1.54, 1.807) is 31.2 Å². The number of furan rings is 1. The summed E-state index contributed by atoms with van der Waals surface area (Å²) in [4.78, 5) is 13.0. The summed E-state index contributed by atoms with van der Waals surface area (Å²) in [6, 6.07) is 12.1. The average molecular weight is 402 g/mol. The Bertz CT molecular complexity index is 1020. The highest BCUT2D eigenvalue weighted by Crippen LogP contribution is 2.35. The fourth-order valence-corrected chi connectivity index (χ4v) is 5.30. The maximum absolute atomic E-state index is 13.4. The summed E-state index contributed by atoms with van der Waals surface area (Å²) < 4.78 is 33.5. The van der Waals surface area contributed by atoms with Crippen LogP contribution >= 0.6 is 11.3 Å². The largest absolute Gasteiger partial charge is 0.468 e. The molecule has 0 radical (unpaired) electrons. The molecule has 3 heterocycles. The smallest absolute Gasteiger partial charge is 0.243 e. The number of carbonyl (C=O) groups excluding carboxylic acids is 1. The molecular weight excluding hydrogens is 384 g/mol. The van der Waals surface area contributed by atoms with E-state index in [1.165, 1.54) is 28.0 Å². The Hall–Kier alpha value is -2.42. The predicted molar refractivity (Wildman–Crippen MR) is 103 cm³/mol. The van der Waals surface area contributed by atoms with Gasteiger partial charge in [-0.15, -0.1) is 11.3 Å². The van der Waals surface area contributed by atoms with Gasteiger partial charge in [0, 0.05) is 17.1 Å². The number of sulfonamides is 1. The van der Waals surface area contributed by atoms with Crippen molar-refractivity contribution in [1.29, 1.82) is 0 Å². The van der Waals surface area contributed by atoms with Crippen LogP contribution in [-0.4, -0.2) is 18.6 Å². The Morgan fingerprint density at radius 2 is 2.04 bits per heavy atom. The van der Waals surface area contributed by atoms with E-state index in [0.29, 0.717) is 17.0 Å². The average Bonchev–Trinajstić information content (AvgIpc) is 3.38. The highest BCUT2D eigenvalue weighted by atomic mass is 32.2. The molecular formula is C19H18N2O4S2. The zero-order chi connectivity index (χ0) is 19.0. The minimum Gasteiger partial charge on any atom is -0.468 e. The number of nitrogens with one attached hydrogen (secondary N) is 1. The number of hydrogen-bond acceptors (Lipinski definition) is 5. The molecule has 1 aromatic carbocycles. The minimum absolute atomic E-state index is 0.120. The number of thiophene rings is 1. The van der Waals surface area contributed by atoms with E-state index in [9.17, 15) is 13.2 Å². The molecule has 1 aliphatic rings. The van der Waals surface area contributed by atoms with Crippen molar-refractivity contribution in [3.8, 4) is 0 Å². The van der Waals surface area contributed by atoms with Crippen molar-refractivity contribution in [1.82, 2.24) is 4.31 Å². The predicted octanol–water partition coefficient (Wildman–Crippen LogP) is 3.79. The van der Waals surface area contributed by atoms with Crippen LogP contribution in [0.3, 0.4) is 0 Å². The number of benzene rings is 1. The second kappa shape index (κ2) is 6.95. The molecule has 0 aliphatic carbocycles. The van der Waals surface area contributed by atoms with Gasteiger partial charge in [0.2, 0.25) is 15.9 Å². The Morgan fingerprint density at radius 3 is 2.74 bits per heavy atom. The lowest BCUT2D eigenvalue weighted by Gasteiger charge is -2.21. The molecule has 6 nitrogen and oxygen atoms in total. The number of fused-ring (bicyclic) bond motifs is 1. The standard InChI is InChI=1S/C19H18N2O4S2/c1-13-17-10-16(6-7-18(17)20-19(13)22)27(23,24)21(11-14-4-2-8-25-14)12-15-5-3-9-26-15/h2-10,13H,11-12H2,1H3,(H,20,22)/t13-/m0/s1. The second-order valence-electron chi connectivity index (χ2n) is 6.39. The fourth-order valence-electron chi connectivity index (χ4n) is 3.08. The van der Waals surface area contributed by atoms with Gasteiger partial charge in [0.05, 0.1) is 23.6 Å². The fraction of sp³-hybridized carbons (Fsp3) is 0.211. The zero-order valence-corrected chi connectivity index (χ0v) is 16.2. The van der Waals surface area contributed by atoms with E-state index in [2.05, 4.69) is 5.32 Å². The number of rotatable bonds is 6. The first-order chi connectivity index (χ1) is 12.9. The number of amides is 1. The van der Waals surface area contributed by atoms with Crippen molar-refractivity contribution in [2.45, 2.75) is 30.8 Å². The topological polar surface area (TPSA) is 79.6 Å². The summed E-state index contributed by atoms with van der Waals surface area (Å²) in [5.41, 5.74) is 1.37. The highest BCUT2D eigenvalue weighted by molar-refractivity contribution is 7.89. The van der Waals surface area contributed by atoms with Gasteiger partial charge in [-0.05, 0) is 54.3 Å². The maximum Gasteiger partial charge on any atom is 0.243 e. The Balaban J connectivity index is 1.71. The first-order valence-corrected chi connectivity index (χ1v) is 10.8. The number of anilines is 1. The molecule has 0 bridgehead atoms. The summed E-state index contributed by atoms with van der Waals surface area (Å²) >= 11 is 1.50. The molecule has 1 aliphatic heterocycles. The van der Waals surface area contributed by atoms with Crippen molar-refractivity contribution in [3.05, 3.63) is 70.3 Å². The molecule has 27 heavy (non-hydrogen) atoms.